The third-order valence-electron chi connectivity index (χ3n) is 2.75. The zero-order valence-corrected chi connectivity index (χ0v) is 13.0. The lowest BCUT2D eigenvalue weighted by atomic mass is 10.1. The molecule has 0 radical (unpaired) electrons. The summed E-state index contributed by atoms with van der Waals surface area (Å²) >= 11 is 1.60. The second-order valence-corrected chi connectivity index (χ2v) is 6.45. The molecule has 0 spiro atoms. The molecule has 0 fully saturated rings. The van der Waals surface area contributed by atoms with E-state index in [0.29, 0.717) is 11.7 Å². The van der Waals surface area contributed by atoms with Crippen molar-refractivity contribution in [1.82, 2.24) is 4.98 Å². The topological polar surface area (TPSA) is 59.4 Å². The first-order chi connectivity index (χ1) is 9.36. The van der Waals surface area contributed by atoms with Gasteiger partial charge in [-0.2, -0.15) is 0 Å². The van der Waals surface area contributed by atoms with E-state index in [0.717, 1.165) is 20.8 Å². The fourth-order valence-electron chi connectivity index (χ4n) is 1.94. The lowest BCUT2D eigenvalue weighted by molar-refractivity contribution is -0.136. The predicted molar refractivity (Wildman–Crippen MR) is 80.8 cm³/mol. The van der Waals surface area contributed by atoms with Crippen LogP contribution in [0.2, 0.25) is 0 Å². The summed E-state index contributed by atoms with van der Waals surface area (Å²) in [6, 6.07) is 3.69. The van der Waals surface area contributed by atoms with Crippen LogP contribution in [0.1, 0.15) is 44.2 Å². The molecule has 0 bridgehead atoms. The highest BCUT2D eigenvalue weighted by molar-refractivity contribution is 7.18. The Balaban J connectivity index is 2.55. The Hall–Kier alpha value is -1.62. The van der Waals surface area contributed by atoms with Crippen LogP contribution in [0, 0.1) is 0 Å². The minimum absolute atomic E-state index is 0.000687. The van der Waals surface area contributed by atoms with E-state index in [1.807, 2.05) is 19.9 Å². The molecule has 0 aliphatic carbocycles. The number of benzene rings is 1. The van der Waals surface area contributed by atoms with Gasteiger partial charge in [0.2, 0.25) is 0 Å². The van der Waals surface area contributed by atoms with Crippen LogP contribution in [0.25, 0.3) is 10.2 Å². The molecule has 0 amide bonds. The first-order valence-corrected chi connectivity index (χ1v) is 7.50. The standard InChI is InChI=1S/C15H19NO3S/c1-8(2)15-16-14-11(19-9(3)4)5-10(7-13(17)18)6-12(14)20-15/h5-6,8-9H,7H2,1-4H3,(H,17,18). The average molecular weight is 293 g/mol. The Kier molecular flexibility index (Phi) is 4.28. The zero-order valence-electron chi connectivity index (χ0n) is 12.1. The Bertz CT molecular complexity index is 631. The predicted octanol–water partition coefficient (Wildman–Crippen LogP) is 3.83. The van der Waals surface area contributed by atoms with Crippen molar-refractivity contribution in [3.63, 3.8) is 0 Å². The van der Waals surface area contributed by atoms with Gasteiger partial charge >= 0.3 is 5.97 Å². The summed E-state index contributed by atoms with van der Waals surface area (Å²) in [5.74, 6) is 0.188. The highest BCUT2D eigenvalue weighted by atomic mass is 32.1. The third-order valence-corrected chi connectivity index (χ3v) is 4.05. The normalized spacial score (nSPS) is 11.5. The van der Waals surface area contributed by atoms with E-state index in [4.69, 9.17) is 9.84 Å². The van der Waals surface area contributed by atoms with Crippen LogP contribution in [0.5, 0.6) is 5.75 Å². The number of ether oxygens (including phenoxy) is 1. The van der Waals surface area contributed by atoms with Gasteiger partial charge in [0.25, 0.3) is 0 Å². The maximum absolute atomic E-state index is 10.9. The first-order valence-electron chi connectivity index (χ1n) is 6.68. The van der Waals surface area contributed by atoms with Gasteiger partial charge in [-0.15, -0.1) is 11.3 Å². The highest BCUT2D eigenvalue weighted by Crippen LogP contribution is 2.34. The summed E-state index contributed by atoms with van der Waals surface area (Å²) in [5, 5.41) is 9.99. The van der Waals surface area contributed by atoms with Crippen LogP contribution >= 0.6 is 11.3 Å². The van der Waals surface area contributed by atoms with E-state index in [1.165, 1.54) is 0 Å². The van der Waals surface area contributed by atoms with Crippen LogP contribution in [0.15, 0.2) is 12.1 Å². The summed E-state index contributed by atoms with van der Waals surface area (Å²) in [6.45, 7) is 8.09. The Morgan fingerprint density at radius 2 is 2.05 bits per heavy atom. The van der Waals surface area contributed by atoms with Crippen molar-refractivity contribution < 1.29 is 14.6 Å². The molecule has 1 aromatic carbocycles. The van der Waals surface area contributed by atoms with Crippen LogP contribution in [-0.2, 0) is 11.2 Å². The van der Waals surface area contributed by atoms with Gasteiger partial charge in [0.15, 0.2) is 0 Å². The first kappa shape index (κ1) is 14.8. The van der Waals surface area contributed by atoms with E-state index in [9.17, 15) is 4.79 Å². The molecule has 4 nitrogen and oxygen atoms in total. The number of aliphatic carboxylic acids is 1. The maximum atomic E-state index is 10.9. The second-order valence-electron chi connectivity index (χ2n) is 5.38. The molecule has 20 heavy (non-hydrogen) atoms. The van der Waals surface area contributed by atoms with E-state index < -0.39 is 5.97 Å². The van der Waals surface area contributed by atoms with Crippen LogP contribution in [0.4, 0.5) is 0 Å². The summed E-state index contributed by atoms with van der Waals surface area (Å²) in [4.78, 5) is 15.5. The van der Waals surface area contributed by atoms with Gasteiger partial charge in [-0.3, -0.25) is 4.79 Å². The highest BCUT2D eigenvalue weighted by Gasteiger charge is 2.15. The third kappa shape index (κ3) is 3.28. The van der Waals surface area contributed by atoms with Crippen molar-refractivity contribution in [3.8, 4) is 5.75 Å². The zero-order chi connectivity index (χ0) is 14.9. The average Bonchev–Trinajstić information content (AvgIpc) is 2.71. The van der Waals surface area contributed by atoms with Gasteiger partial charge in [-0.1, -0.05) is 13.8 Å². The van der Waals surface area contributed by atoms with Gasteiger partial charge in [0, 0.05) is 5.92 Å². The summed E-state index contributed by atoms with van der Waals surface area (Å²) in [7, 11) is 0. The number of thiazole rings is 1. The number of aromatic nitrogens is 1. The minimum Gasteiger partial charge on any atom is -0.489 e. The monoisotopic (exact) mass is 293 g/mol. The smallest absolute Gasteiger partial charge is 0.307 e. The second kappa shape index (κ2) is 5.79. The molecule has 2 aromatic rings. The van der Waals surface area contributed by atoms with Gasteiger partial charge in [0.1, 0.15) is 11.3 Å². The number of carboxylic acid groups (broad SMARTS) is 1. The van der Waals surface area contributed by atoms with Crippen molar-refractivity contribution in [3.05, 3.63) is 22.7 Å². The molecule has 0 aliphatic rings. The minimum atomic E-state index is -0.839. The van der Waals surface area contributed by atoms with Gasteiger partial charge < -0.3 is 9.84 Å². The lowest BCUT2D eigenvalue weighted by Crippen LogP contribution is -2.07. The number of fused-ring (bicyclic) bond motifs is 1. The van der Waals surface area contributed by atoms with Gasteiger partial charge in [0.05, 0.1) is 22.2 Å². The van der Waals surface area contributed by atoms with Crippen LogP contribution in [-0.4, -0.2) is 22.2 Å². The molecular formula is C15H19NO3S. The SMILES string of the molecule is CC(C)Oc1cc(CC(=O)O)cc2sc(C(C)C)nc12. The quantitative estimate of drug-likeness (QED) is 0.910. The van der Waals surface area contributed by atoms with E-state index >= 15 is 0 Å². The number of hydrogen-bond donors (Lipinski definition) is 1. The molecule has 108 valence electrons. The van der Waals surface area contributed by atoms with E-state index in [1.54, 1.807) is 17.4 Å². The molecular weight excluding hydrogens is 274 g/mol. The van der Waals surface area contributed by atoms with Gasteiger partial charge in [-0.05, 0) is 31.5 Å². The molecule has 0 saturated heterocycles. The Morgan fingerprint density at radius 3 is 2.60 bits per heavy atom. The number of nitrogens with zero attached hydrogens (tertiary/aromatic N) is 1. The van der Waals surface area contributed by atoms with Crippen molar-refractivity contribution >= 4 is 27.5 Å². The summed E-state index contributed by atoms with van der Waals surface area (Å²) in [6.07, 6.45) is 0.0294. The van der Waals surface area contributed by atoms with Crippen molar-refractivity contribution in [2.24, 2.45) is 0 Å². The largest absolute Gasteiger partial charge is 0.489 e. The molecule has 1 aromatic heterocycles. The molecule has 2 rings (SSSR count). The number of carbonyl (C=O) groups is 1. The van der Waals surface area contributed by atoms with Crippen molar-refractivity contribution in [2.45, 2.75) is 46.1 Å². The molecule has 0 aliphatic heterocycles. The molecule has 1 heterocycles. The lowest BCUT2D eigenvalue weighted by Gasteiger charge is -2.11. The van der Waals surface area contributed by atoms with Crippen LogP contribution < -0.4 is 4.74 Å². The van der Waals surface area contributed by atoms with Crippen molar-refractivity contribution in [2.75, 3.05) is 0 Å². The Morgan fingerprint density at radius 1 is 1.35 bits per heavy atom. The van der Waals surface area contributed by atoms with Crippen LogP contribution in [0.3, 0.4) is 0 Å². The fraction of sp³-hybridized carbons (Fsp3) is 0.467. The molecule has 0 atom stereocenters. The van der Waals surface area contributed by atoms with Gasteiger partial charge in [-0.25, -0.2) is 4.98 Å². The molecule has 0 unspecified atom stereocenters. The van der Waals surface area contributed by atoms with E-state index in [2.05, 4.69) is 18.8 Å². The number of carboxylic acids is 1. The molecule has 0 saturated carbocycles. The van der Waals surface area contributed by atoms with Crippen molar-refractivity contribution in [1.29, 1.82) is 0 Å². The number of hydrogen-bond acceptors (Lipinski definition) is 4. The molecule has 1 N–H and O–H groups in total. The summed E-state index contributed by atoms with van der Waals surface area (Å²) in [5.41, 5.74) is 1.58. The van der Waals surface area contributed by atoms with E-state index in [-0.39, 0.29) is 12.5 Å². The maximum Gasteiger partial charge on any atom is 0.307 e. The Labute approximate surface area is 122 Å². The fourth-order valence-corrected chi connectivity index (χ4v) is 2.99. The number of rotatable bonds is 5. The molecule has 5 heteroatoms. The summed E-state index contributed by atoms with van der Waals surface area (Å²) < 4.78 is 6.78.